The molecule has 1 N–H and O–H groups in total. The number of sulfonamides is 1. The minimum absolute atomic E-state index is 0.223. The molecule has 0 aromatic heterocycles. The summed E-state index contributed by atoms with van der Waals surface area (Å²) < 4.78 is 30.3. The van der Waals surface area contributed by atoms with Gasteiger partial charge in [-0.1, -0.05) is 30.3 Å². The van der Waals surface area contributed by atoms with E-state index in [0.717, 1.165) is 24.7 Å². The third kappa shape index (κ3) is 5.35. The summed E-state index contributed by atoms with van der Waals surface area (Å²) in [5.74, 6) is 0. The molecule has 116 valence electrons. The van der Waals surface area contributed by atoms with E-state index in [9.17, 15) is 13.2 Å². The monoisotopic (exact) mass is 312 g/mol. The van der Waals surface area contributed by atoms with Gasteiger partial charge in [-0.15, -0.1) is 0 Å². The first kappa shape index (κ1) is 15.8. The van der Waals surface area contributed by atoms with Gasteiger partial charge in [0.15, 0.2) is 0 Å². The van der Waals surface area contributed by atoms with Crippen molar-refractivity contribution in [3.05, 3.63) is 35.9 Å². The van der Waals surface area contributed by atoms with E-state index in [1.807, 2.05) is 30.3 Å². The van der Waals surface area contributed by atoms with Crippen LogP contribution in [0, 0.1) is 0 Å². The summed E-state index contributed by atoms with van der Waals surface area (Å²) in [6.07, 6.45) is 2.21. The van der Waals surface area contributed by atoms with E-state index < -0.39 is 16.1 Å². The van der Waals surface area contributed by atoms with E-state index in [-0.39, 0.29) is 12.6 Å². The molecular weight excluding hydrogens is 292 g/mol. The number of likely N-dealkylation sites (tertiary alicyclic amines) is 1. The van der Waals surface area contributed by atoms with Crippen LogP contribution < -0.4 is 4.72 Å². The van der Waals surface area contributed by atoms with Gasteiger partial charge >= 0.3 is 6.09 Å². The summed E-state index contributed by atoms with van der Waals surface area (Å²) in [5.41, 5.74) is 0.925. The van der Waals surface area contributed by atoms with Crippen LogP contribution in [0.4, 0.5) is 4.79 Å². The third-order valence-electron chi connectivity index (χ3n) is 3.27. The van der Waals surface area contributed by atoms with E-state index in [1.54, 1.807) is 4.90 Å². The summed E-state index contributed by atoms with van der Waals surface area (Å²) in [6.45, 7) is 1.16. The predicted octanol–water partition coefficient (Wildman–Crippen LogP) is 1.34. The number of nitrogens with one attached hydrogen (secondary N) is 1. The van der Waals surface area contributed by atoms with Crippen LogP contribution in [0.2, 0.25) is 0 Å². The number of nitrogens with zero attached hydrogens (tertiary/aromatic N) is 1. The number of rotatable bonds is 4. The lowest BCUT2D eigenvalue weighted by molar-refractivity contribution is 0.0850. The van der Waals surface area contributed by atoms with Crippen LogP contribution in [0.3, 0.4) is 0 Å². The van der Waals surface area contributed by atoms with Crippen molar-refractivity contribution in [2.75, 3.05) is 19.3 Å². The second kappa shape index (κ2) is 6.91. The number of carbonyl (C=O) groups is 1. The van der Waals surface area contributed by atoms with E-state index in [1.165, 1.54) is 0 Å². The van der Waals surface area contributed by atoms with Crippen molar-refractivity contribution in [1.82, 2.24) is 9.62 Å². The smallest absolute Gasteiger partial charge is 0.410 e. The molecule has 1 atom stereocenters. The number of hydrogen-bond donors (Lipinski definition) is 1. The zero-order valence-electron chi connectivity index (χ0n) is 12.0. The molecule has 1 aliphatic rings. The molecule has 0 spiro atoms. The largest absolute Gasteiger partial charge is 0.445 e. The molecular formula is C14H20N2O4S. The minimum atomic E-state index is -3.26. The summed E-state index contributed by atoms with van der Waals surface area (Å²) in [7, 11) is -3.26. The molecule has 6 nitrogen and oxygen atoms in total. The Kier molecular flexibility index (Phi) is 5.19. The average molecular weight is 312 g/mol. The molecule has 2 rings (SSSR count). The van der Waals surface area contributed by atoms with Crippen molar-refractivity contribution in [1.29, 1.82) is 0 Å². The summed E-state index contributed by atoms with van der Waals surface area (Å²) in [5, 5.41) is 0. The summed E-state index contributed by atoms with van der Waals surface area (Å²) >= 11 is 0. The minimum Gasteiger partial charge on any atom is -0.445 e. The van der Waals surface area contributed by atoms with Crippen LogP contribution in [0.15, 0.2) is 30.3 Å². The Morgan fingerprint density at radius 3 is 2.76 bits per heavy atom. The maximum atomic E-state index is 12.0. The second-order valence-corrected chi connectivity index (χ2v) is 7.00. The molecule has 1 saturated heterocycles. The Balaban J connectivity index is 1.84. The molecule has 1 heterocycles. The Hall–Kier alpha value is -1.60. The van der Waals surface area contributed by atoms with Crippen molar-refractivity contribution in [3.8, 4) is 0 Å². The SMILES string of the molecule is CS(=O)(=O)NC1CCCN(C(=O)OCc2ccccc2)C1. The quantitative estimate of drug-likeness (QED) is 0.910. The summed E-state index contributed by atoms with van der Waals surface area (Å²) in [4.78, 5) is 13.6. The van der Waals surface area contributed by atoms with Gasteiger partial charge in [-0.25, -0.2) is 17.9 Å². The van der Waals surface area contributed by atoms with Crippen molar-refractivity contribution in [3.63, 3.8) is 0 Å². The normalized spacial score (nSPS) is 19.3. The van der Waals surface area contributed by atoms with E-state index in [2.05, 4.69) is 4.72 Å². The van der Waals surface area contributed by atoms with Crippen molar-refractivity contribution in [2.24, 2.45) is 0 Å². The number of benzene rings is 1. The van der Waals surface area contributed by atoms with Crippen molar-refractivity contribution in [2.45, 2.75) is 25.5 Å². The lowest BCUT2D eigenvalue weighted by Crippen LogP contribution is -2.49. The Labute approximate surface area is 125 Å². The number of ether oxygens (including phenoxy) is 1. The number of piperidine rings is 1. The maximum absolute atomic E-state index is 12.0. The molecule has 0 bridgehead atoms. The standard InChI is InChI=1S/C14H20N2O4S/c1-21(18,19)15-13-8-5-9-16(10-13)14(17)20-11-12-6-3-2-4-7-12/h2-4,6-7,13,15H,5,8-11H2,1H3. The number of hydrogen-bond acceptors (Lipinski definition) is 4. The third-order valence-corrected chi connectivity index (χ3v) is 4.03. The highest BCUT2D eigenvalue weighted by molar-refractivity contribution is 7.88. The van der Waals surface area contributed by atoms with Crippen molar-refractivity contribution >= 4 is 16.1 Å². The van der Waals surface area contributed by atoms with Gasteiger partial charge in [0.25, 0.3) is 0 Å². The second-order valence-electron chi connectivity index (χ2n) is 5.22. The highest BCUT2D eigenvalue weighted by Crippen LogP contribution is 2.13. The molecule has 7 heteroatoms. The van der Waals surface area contributed by atoms with Gasteiger partial charge in [0.1, 0.15) is 6.61 Å². The number of carbonyl (C=O) groups excluding carboxylic acids is 1. The molecule has 0 radical (unpaired) electrons. The lowest BCUT2D eigenvalue weighted by Gasteiger charge is -2.31. The van der Waals surface area contributed by atoms with Gasteiger partial charge in [-0.05, 0) is 18.4 Å². The zero-order chi connectivity index (χ0) is 15.3. The van der Waals surface area contributed by atoms with Gasteiger partial charge in [0.2, 0.25) is 10.0 Å². The highest BCUT2D eigenvalue weighted by atomic mass is 32.2. The lowest BCUT2D eigenvalue weighted by atomic mass is 10.1. The van der Waals surface area contributed by atoms with Crippen LogP contribution in [0.25, 0.3) is 0 Å². The van der Waals surface area contributed by atoms with E-state index in [0.29, 0.717) is 13.1 Å². The van der Waals surface area contributed by atoms with Crippen LogP contribution >= 0.6 is 0 Å². The van der Waals surface area contributed by atoms with Crippen molar-refractivity contribution < 1.29 is 17.9 Å². The fraction of sp³-hybridized carbons (Fsp3) is 0.500. The average Bonchev–Trinajstić information content (AvgIpc) is 2.44. The van der Waals surface area contributed by atoms with E-state index >= 15 is 0 Å². The first-order valence-electron chi connectivity index (χ1n) is 6.87. The molecule has 21 heavy (non-hydrogen) atoms. The van der Waals surface area contributed by atoms with Gasteiger partial charge in [0.05, 0.1) is 6.26 Å². The Bertz CT molecular complexity index is 574. The highest BCUT2D eigenvalue weighted by Gasteiger charge is 2.26. The topological polar surface area (TPSA) is 75.7 Å². The molecule has 1 aromatic carbocycles. The Morgan fingerprint density at radius 2 is 2.10 bits per heavy atom. The molecule has 0 aliphatic carbocycles. The van der Waals surface area contributed by atoms with Gasteiger partial charge in [0, 0.05) is 19.1 Å². The molecule has 1 amide bonds. The van der Waals surface area contributed by atoms with Crippen LogP contribution in [0.1, 0.15) is 18.4 Å². The summed E-state index contributed by atoms with van der Waals surface area (Å²) in [6, 6.07) is 9.21. The zero-order valence-corrected chi connectivity index (χ0v) is 12.8. The van der Waals surface area contributed by atoms with Crippen LogP contribution in [-0.4, -0.2) is 44.8 Å². The fourth-order valence-corrected chi connectivity index (χ4v) is 3.15. The maximum Gasteiger partial charge on any atom is 0.410 e. The molecule has 1 aromatic rings. The molecule has 1 aliphatic heterocycles. The van der Waals surface area contributed by atoms with Gasteiger partial charge in [-0.3, -0.25) is 0 Å². The van der Waals surface area contributed by atoms with Crippen LogP contribution in [0.5, 0.6) is 0 Å². The molecule has 0 saturated carbocycles. The molecule has 1 fully saturated rings. The van der Waals surface area contributed by atoms with Crippen LogP contribution in [-0.2, 0) is 21.4 Å². The first-order valence-corrected chi connectivity index (χ1v) is 8.76. The molecule has 1 unspecified atom stereocenters. The first-order chi connectivity index (χ1) is 9.94. The number of amides is 1. The predicted molar refractivity (Wildman–Crippen MR) is 79.2 cm³/mol. The fourth-order valence-electron chi connectivity index (χ4n) is 2.35. The van der Waals surface area contributed by atoms with Gasteiger partial charge in [-0.2, -0.15) is 0 Å². The Morgan fingerprint density at radius 1 is 1.38 bits per heavy atom. The van der Waals surface area contributed by atoms with E-state index in [4.69, 9.17) is 4.74 Å². The van der Waals surface area contributed by atoms with Gasteiger partial charge < -0.3 is 9.64 Å².